The van der Waals surface area contributed by atoms with Gasteiger partial charge in [0.05, 0.1) is 21.9 Å². The first-order chi connectivity index (χ1) is 15.3. The smallest absolute Gasteiger partial charge is 0.262 e. The van der Waals surface area contributed by atoms with Crippen LogP contribution in [0.1, 0.15) is 23.9 Å². The van der Waals surface area contributed by atoms with Crippen LogP contribution < -0.4 is 10.0 Å². The van der Waals surface area contributed by atoms with E-state index in [2.05, 4.69) is 20.2 Å². The molecule has 0 aliphatic rings. The Hall–Kier alpha value is -3.50. The standard InChI is InChI=1S/C22H20N4O4S2/c1-14-12-17(23-15(2)27)9-10-20(14)32(28,29)26-18-7-4-3-6-16(18)13-21-24-22(25-30-21)19-8-5-11-31-19/h3-12,26H,13H2,1-2H3,(H,23,27). The molecule has 4 aromatic rings. The Morgan fingerprint density at radius 1 is 1.12 bits per heavy atom. The molecule has 0 bridgehead atoms. The Morgan fingerprint density at radius 2 is 1.94 bits per heavy atom. The van der Waals surface area contributed by atoms with Crippen molar-refractivity contribution in [2.75, 3.05) is 10.0 Å². The molecule has 8 nitrogen and oxygen atoms in total. The molecule has 0 atom stereocenters. The summed E-state index contributed by atoms with van der Waals surface area (Å²) in [7, 11) is -3.86. The zero-order valence-corrected chi connectivity index (χ0v) is 19.0. The van der Waals surface area contributed by atoms with Crippen molar-refractivity contribution in [1.29, 1.82) is 0 Å². The van der Waals surface area contributed by atoms with Gasteiger partial charge in [-0.25, -0.2) is 8.42 Å². The summed E-state index contributed by atoms with van der Waals surface area (Å²) in [6.07, 6.45) is 0.275. The number of para-hydroxylation sites is 1. The zero-order valence-electron chi connectivity index (χ0n) is 17.3. The molecule has 2 aromatic heterocycles. The summed E-state index contributed by atoms with van der Waals surface area (Å²) in [6, 6.07) is 15.5. The summed E-state index contributed by atoms with van der Waals surface area (Å²) >= 11 is 1.51. The first-order valence-corrected chi connectivity index (χ1v) is 12.0. The van der Waals surface area contributed by atoms with Crippen molar-refractivity contribution in [1.82, 2.24) is 10.1 Å². The van der Waals surface area contributed by atoms with Crippen LogP contribution in [0.2, 0.25) is 0 Å². The number of benzene rings is 2. The normalized spacial score (nSPS) is 11.3. The largest absolute Gasteiger partial charge is 0.339 e. The predicted molar refractivity (Wildman–Crippen MR) is 123 cm³/mol. The summed E-state index contributed by atoms with van der Waals surface area (Å²) < 4.78 is 34.2. The molecule has 4 rings (SSSR count). The van der Waals surface area contributed by atoms with E-state index in [1.807, 2.05) is 23.6 Å². The lowest BCUT2D eigenvalue weighted by molar-refractivity contribution is -0.114. The first kappa shape index (κ1) is 21.7. The van der Waals surface area contributed by atoms with E-state index in [-0.39, 0.29) is 17.2 Å². The molecule has 0 aliphatic heterocycles. The van der Waals surface area contributed by atoms with Gasteiger partial charge in [-0.15, -0.1) is 11.3 Å². The fraction of sp³-hybridized carbons (Fsp3) is 0.136. The van der Waals surface area contributed by atoms with Gasteiger partial charge in [0.2, 0.25) is 17.6 Å². The summed E-state index contributed by atoms with van der Waals surface area (Å²) in [5.41, 5.74) is 2.17. The molecule has 164 valence electrons. The van der Waals surface area contributed by atoms with Crippen LogP contribution >= 0.6 is 11.3 Å². The quantitative estimate of drug-likeness (QED) is 0.414. The molecule has 0 aliphatic carbocycles. The second-order valence-electron chi connectivity index (χ2n) is 7.09. The number of nitrogens with one attached hydrogen (secondary N) is 2. The van der Waals surface area contributed by atoms with E-state index < -0.39 is 10.0 Å². The van der Waals surface area contributed by atoms with Gasteiger partial charge in [-0.2, -0.15) is 4.98 Å². The molecule has 0 saturated carbocycles. The first-order valence-electron chi connectivity index (χ1n) is 9.67. The van der Waals surface area contributed by atoms with Gasteiger partial charge < -0.3 is 9.84 Å². The van der Waals surface area contributed by atoms with Gasteiger partial charge in [0, 0.05) is 12.6 Å². The molecule has 0 saturated heterocycles. The number of sulfonamides is 1. The number of amides is 1. The summed E-state index contributed by atoms with van der Waals surface area (Å²) in [4.78, 5) is 16.7. The molecule has 0 fully saturated rings. The predicted octanol–water partition coefficient (Wildman–Crippen LogP) is 4.46. The minimum atomic E-state index is -3.86. The Balaban J connectivity index is 1.57. The number of hydrogen-bond acceptors (Lipinski definition) is 7. The van der Waals surface area contributed by atoms with E-state index in [9.17, 15) is 13.2 Å². The van der Waals surface area contributed by atoms with Crippen LogP contribution in [-0.2, 0) is 21.2 Å². The number of aromatic nitrogens is 2. The lowest BCUT2D eigenvalue weighted by Crippen LogP contribution is -2.16. The maximum atomic E-state index is 13.1. The molecule has 2 heterocycles. The Kier molecular flexibility index (Phi) is 6.06. The molecule has 2 N–H and O–H groups in total. The number of nitrogens with zero attached hydrogens (tertiary/aromatic N) is 2. The second kappa shape index (κ2) is 8.93. The minimum Gasteiger partial charge on any atom is -0.339 e. The Labute approximate surface area is 189 Å². The van der Waals surface area contributed by atoms with Crippen LogP contribution in [0.3, 0.4) is 0 Å². The fourth-order valence-electron chi connectivity index (χ4n) is 3.20. The third-order valence-corrected chi connectivity index (χ3v) is 6.99. The van der Waals surface area contributed by atoms with Crippen LogP contribution in [0, 0.1) is 6.92 Å². The highest BCUT2D eigenvalue weighted by Crippen LogP contribution is 2.27. The summed E-state index contributed by atoms with van der Waals surface area (Å²) in [6.45, 7) is 3.07. The molecular weight excluding hydrogens is 448 g/mol. The lowest BCUT2D eigenvalue weighted by atomic mass is 10.1. The van der Waals surface area contributed by atoms with Crippen LogP contribution in [0.15, 0.2) is 69.4 Å². The second-order valence-corrected chi connectivity index (χ2v) is 9.69. The zero-order chi connectivity index (χ0) is 22.7. The Morgan fingerprint density at radius 3 is 2.66 bits per heavy atom. The van der Waals surface area contributed by atoms with Crippen LogP contribution in [0.5, 0.6) is 0 Å². The lowest BCUT2D eigenvalue weighted by Gasteiger charge is -2.14. The molecule has 0 unspecified atom stereocenters. The van der Waals surface area contributed by atoms with E-state index in [4.69, 9.17) is 4.52 Å². The Bertz CT molecular complexity index is 1360. The monoisotopic (exact) mass is 468 g/mol. The molecule has 0 spiro atoms. The van der Waals surface area contributed by atoms with Crippen LogP contribution in [-0.4, -0.2) is 24.5 Å². The van der Waals surface area contributed by atoms with E-state index in [1.54, 1.807) is 37.3 Å². The van der Waals surface area contributed by atoms with Gasteiger partial charge in [-0.05, 0) is 53.8 Å². The minimum absolute atomic E-state index is 0.124. The molecular formula is C22H20N4O4S2. The SMILES string of the molecule is CC(=O)Nc1ccc(S(=O)(=O)Nc2ccccc2Cc2nc(-c3cccs3)no2)c(C)c1. The number of thiophene rings is 1. The third kappa shape index (κ3) is 4.87. The van der Waals surface area contributed by atoms with Gasteiger partial charge in [0.25, 0.3) is 10.0 Å². The highest BCUT2D eigenvalue weighted by Gasteiger charge is 2.20. The van der Waals surface area contributed by atoms with E-state index >= 15 is 0 Å². The third-order valence-electron chi connectivity index (χ3n) is 4.60. The molecule has 2 aromatic carbocycles. The number of anilines is 2. The highest BCUT2D eigenvalue weighted by molar-refractivity contribution is 7.92. The summed E-state index contributed by atoms with van der Waals surface area (Å²) in [5, 5.41) is 8.58. The molecule has 10 heteroatoms. The van der Waals surface area contributed by atoms with Crippen molar-refractivity contribution >= 4 is 38.6 Å². The highest BCUT2D eigenvalue weighted by atomic mass is 32.2. The van der Waals surface area contributed by atoms with Crippen molar-refractivity contribution in [3.05, 3.63) is 77.0 Å². The van der Waals surface area contributed by atoms with Gasteiger partial charge >= 0.3 is 0 Å². The van der Waals surface area contributed by atoms with Gasteiger partial charge in [0.1, 0.15) is 0 Å². The average molecular weight is 469 g/mol. The maximum absolute atomic E-state index is 13.1. The van der Waals surface area contributed by atoms with Gasteiger partial charge in [-0.1, -0.05) is 29.4 Å². The van der Waals surface area contributed by atoms with Crippen molar-refractivity contribution in [3.63, 3.8) is 0 Å². The van der Waals surface area contributed by atoms with E-state index in [0.717, 1.165) is 4.88 Å². The number of carbonyl (C=O) groups is 1. The molecule has 1 amide bonds. The van der Waals surface area contributed by atoms with Crippen molar-refractivity contribution < 1.29 is 17.7 Å². The number of carbonyl (C=O) groups excluding carboxylic acids is 1. The van der Waals surface area contributed by atoms with E-state index in [1.165, 1.54) is 24.3 Å². The topological polar surface area (TPSA) is 114 Å². The van der Waals surface area contributed by atoms with Gasteiger partial charge in [-0.3, -0.25) is 9.52 Å². The number of aryl methyl sites for hydroxylation is 1. The van der Waals surface area contributed by atoms with Crippen LogP contribution in [0.4, 0.5) is 11.4 Å². The molecule has 32 heavy (non-hydrogen) atoms. The molecule has 0 radical (unpaired) electrons. The number of rotatable bonds is 7. The summed E-state index contributed by atoms with van der Waals surface area (Å²) in [5.74, 6) is 0.661. The van der Waals surface area contributed by atoms with E-state index in [0.29, 0.717) is 34.2 Å². The average Bonchev–Trinajstić information content (AvgIpc) is 3.40. The van der Waals surface area contributed by atoms with Crippen molar-refractivity contribution in [3.8, 4) is 10.7 Å². The number of hydrogen-bond donors (Lipinski definition) is 2. The van der Waals surface area contributed by atoms with Crippen LogP contribution in [0.25, 0.3) is 10.7 Å². The maximum Gasteiger partial charge on any atom is 0.262 e. The van der Waals surface area contributed by atoms with Crippen molar-refractivity contribution in [2.45, 2.75) is 25.2 Å². The van der Waals surface area contributed by atoms with Gasteiger partial charge in [0.15, 0.2) is 0 Å². The van der Waals surface area contributed by atoms with Crippen molar-refractivity contribution in [2.24, 2.45) is 0 Å². The fourth-order valence-corrected chi connectivity index (χ4v) is 5.18.